The van der Waals surface area contributed by atoms with Crippen LogP contribution < -0.4 is 10.1 Å². The minimum Gasteiger partial charge on any atom is -0.496 e. The molecule has 3 amide bonds. The van der Waals surface area contributed by atoms with E-state index in [1.165, 1.54) is 37.5 Å². The Morgan fingerprint density at radius 2 is 2.11 bits per heavy atom. The summed E-state index contributed by atoms with van der Waals surface area (Å²) >= 11 is 0. The van der Waals surface area contributed by atoms with Crippen molar-refractivity contribution in [1.82, 2.24) is 10.2 Å². The highest BCUT2D eigenvalue weighted by atomic mass is 16.6. The number of benzene rings is 1. The van der Waals surface area contributed by atoms with Gasteiger partial charge in [-0.15, -0.1) is 0 Å². The Bertz CT molecular complexity index is 1020. The first-order valence-corrected chi connectivity index (χ1v) is 7.79. The topological polar surface area (TPSA) is 152 Å². The van der Waals surface area contributed by atoms with Crippen LogP contribution in [-0.2, 0) is 9.59 Å². The number of carbonyl (C=O) groups excluding carboxylic acids is 2. The van der Waals surface area contributed by atoms with E-state index in [0.717, 1.165) is 0 Å². The van der Waals surface area contributed by atoms with Crippen LogP contribution in [0.1, 0.15) is 5.76 Å². The number of amides is 3. The molecule has 0 saturated carbocycles. The van der Waals surface area contributed by atoms with Gasteiger partial charge in [-0.25, -0.2) is 9.69 Å². The van der Waals surface area contributed by atoms with Gasteiger partial charge in [0, 0.05) is 12.1 Å². The van der Waals surface area contributed by atoms with Crippen LogP contribution in [0.5, 0.6) is 5.75 Å². The average Bonchev–Trinajstić information content (AvgIpc) is 3.21. The quantitative estimate of drug-likeness (QED) is 0.330. The minimum absolute atomic E-state index is 0.136. The number of nitro benzene ring substituents is 1. The van der Waals surface area contributed by atoms with Crippen LogP contribution in [0.25, 0.3) is 17.4 Å². The van der Waals surface area contributed by atoms with Crippen molar-refractivity contribution in [3.05, 3.63) is 51.9 Å². The normalized spacial score (nSPS) is 15.0. The third-order valence-electron chi connectivity index (χ3n) is 3.83. The zero-order valence-corrected chi connectivity index (χ0v) is 14.4. The molecule has 2 aromatic rings. The highest BCUT2D eigenvalue weighted by molar-refractivity contribution is 6.14. The number of hydrogen-bond donors (Lipinski definition) is 2. The molecule has 1 aliphatic heterocycles. The van der Waals surface area contributed by atoms with Crippen molar-refractivity contribution in [3.63, 3.8) is 0 Å². The van der Waals surface area contributed by atoms with E-state index in [-0.39, 0.29) is 22.9 Å². The Kier molecular flexibility index (Phi) is 4.81. The third kappa shape index (κ3) is 3.53. The van der Waals surface area contributed by atoms with Crippen LogP contribution in [0.3, 0.4) is 0 Å². The standard InChI is InChI=1S/C17H13N3O8/c1-27-14-6-9(20(25)26)2-4-11(14)13-5-3-10(28-13)7-12-16(23)19(8-15(21)22)17(24)18-12/h2-7H,8H2,1H3,(H,18,24)(H,21,22)/b12-7+. The highest BCUT2D eigenvalue weighted by Gasteiger charge is 2.35. The number of methoxy groups -OCH3 is 1. The molecule has 1 fully saturated rings. The summed E-state index contributed by atoms with van der Waals surface area (Å²) in [6.45, 7) is -0.759. The van der Waals surface area contributed by atoms with Crippen LogP contribution in [0.4, 0.5) is 10.5 Å². The lowest BCUT2D eigenvalue weighted by Gasteiger charge is -2.06. The molecular weight excluding hydrogens is 374 g/mol. The van der Waals surface area contributed by atoms with Gasteiger partial charge < -0.3 is 19.6 Å². The lowest BCUT2D eigenvalue weighted by Crippen LogP contribution is -2.35. The van der Waals surface area contributed by atoms with Gasteiger partial charge in [0.05, 0.1) is 23.7 Å². The van der Waals surface area contributed by atoms with Gasteiger partial charge in [0.1, 0.15) is 29.5 Å². The van der Waals surface area contributed by atoms with E-state index in [1.807, 2.05) is 0 Å². The molecule has 11 nitrogen and oxygen atoms in total. The summed E-state index contributed by atoms with van der Waals surface area (Å²) in [7, 11) is 1.36. The molecule has 0 radical (unpaired) electrons. The van der Waals surface area contributed by atoms with Crippen molar-refractivity contribution in [2.45, 2.75) is 0 Å². The number of nitro groups is 1. The molecule has 11 heteroatoms. The number of nitrogens with one attached hydrogen (secondary N) is 1. The Morgan fingerprint density at radius 1 is 1.36 bits per heavy atom. The minimum atomic E-state index is -1.32. The number of rotatable bonds is 6. The van der Waals surface area contributed by atoms with Crippen LogP contribution in [-0.4, -0.2) is 46.5 Å². The van der Waals surface area contributed by atoms with Crippen LogP contribution in [0.2, 0.25) is 0 Å². The number of ether oxygens (including phenoxy) is 1. The molecule has 2 N–H and O–H groups in total. The highest BCUT2D eigenvalue weighted by Crippen LogP contribution is 2.34. The first kappa shape index (κ1) is 18.6. The largest absolute Gasteiger partial charge is 0.496 e. The number of imide groups is 1. The van der Waals surface area contributed by atoms with Crippen LogP contribution in [0.15, 0.2) is 40.4 Å². The first-order chi connectivity index (χ1) is 13.3. The number of hydrogen-bond acceptors (Lipinski definition) is 7. The average molecular weight is 387 g/mol. The summed E-state index contributed by atoms with van der Waals surface area (Å²) in [6, 6.07) is 6.24. The lowest BCUT2D eigenvalue weighted by atomic mass is 10.1. The number of aliphatic carboxylic acids is 1. The van der Waals surface area contributed by atoms with E-state index in [0.29, 0.717) is 16.2 Å². The van der Waals surface area contributed by atoms with Crippen LogP contribution in [0, 0.1) is 10.1 Å². The van der Waals surface area contributed by atoms with E-state index in [4.69, 9.17) is 14.3 Å². The van der Waals surface area contributed by atoms with E-state index >= 15 is 0 Å². The molecule has 1 aliphatic rings. The second kappa shape index (κ2) is 7.23. The summed E-state index contributed by atoms with van der Waals surface area (Å²) < 4.78 is 10.8. The number of carbonyl (C=O) groups is 3. The number of carboxylic acid groups (broad SMARTS) is 1. The van der Waals surface area contributed by atoms with Crippen molar-refractivity contribution >= 4 is 29.7 Å². The van der Waals surface area contributed by atoms with Gasteiger partial charge >= 0.3 is 12.0 Å². The van der Waals surface area contributed by atoms with Gasteiger partial charge in [-0.1, -0.05) is 0 Å². The second-order valence-corrected chi connectivity index (χ2v) is 5.62. The molecule has 1 saturated heterocycles. The second-order valence-electron chi connectivity index (χ2n) is 5.62. The van der Waals surface area contributed by atoms with Gasteiger partial charge in [-0.3, -0.25) is 19.7 Å². The molecule has 0 aliphatic carbocycles. The predicted molar refractivity (Wildman–Crippen MR) is 93.2 cm³/mol. The fourth-order valence-corrected chi connectivity index (χ4v) is 2.56. The molecule has 1 aromatic carbocycles. The fourth-order valence-electron chi connectivity index (χ4n) is 2.56. The molecule has 1 aromatic heterocycles. The van der Waals surface area contributed by atoms with Crippen molar-refractivity contribution in [2.24, 2.45) is 0 Å². The molecule has 2 heterocycles. The van der Waals surface area contributed by atoms with Gasteiger partial charge in [-0.2, -0.15) is 0 Å². The molecule has 0 bridgehead atoms. The zero-order chi connectivity index (χ0) is 20.4. The summed E-state index contributed by atoms with van der Waals surface area (Å²) in [6.07, 6.45) is 1.25. The number of urea groups is 1. The monoisotopic (exact) mass is 387 g/mol. The predicted octanol–water partition coefficient (Wildman–Crippen LogP) is 1.84. The maximum Gasteiger partial charge on any atom is 0.329 e. The Hall–Kier alpha value is -4.15. The Balaban J connectivity index is 1.88. The zero-order valence-electron chi connectivity index (χ0n) is 14.4. The Morgan fingerprint density at radius 3 is 2.75 bits per heavy atom. The molecule has 144 valence electrons. The smallest absolute Gasteiger partial charge is 0.329 e. The van der Waals surface area contributed by atoms with E-state index in [9.17, 15) is 24.5 Å². The molecule has 0 unspecified atom stereocenters. The fraction of sp³-hybridized carbons (Fsp3) is 0.118. The van der Waals surface area contributed by atoms with Crippen molar-refractivity contribution in [3.8, 4) is 17.1 Å². The number of non-ortho nitro benzene ring substituents is 1. The number of nitrogens with zero attached hydrogens (tertiary/aromatic N) is 2. The van der Waals surface area contributed by atoms with E-state index in [1.54, 1.807) is 6.07 Å². The number of furan rings is 1. The summed E-state index contributed by atoms with van der Waals surface area (Å²) in [5.74, 6) is -1.37. The third-order valence-corrected chi connectivity index (χ3v) is 3.83. The molecular formula is C17H13N3O8. The lowest BCUT2D eigenvalue weighted by molar-refractivity contribution is -0.384. The maximum absolute atomic E-state index is 12.1. The van der Waals surface area contributed by atoms with Gasteiger partial charge in [0.25, 0.3) is 11.6 Å². The molecule has 28 heavy (non-hydrogen) atoms. The van der Waals surface area contributed by atoms with Gasteiger partial charge in [0.2, 0.25) is 0 Å². The van der Waals surface area contributed by atoms with Gasteiger partial charge in [0.15, 0.2) is 0 Å². The van der Waals surface area contributed by atoms with Gasteiger partial charge in [-0.05, 0) is 18.2 Å². The van der Waals surface area contributed by atoms with Crippen molar-refractivity contribution < 1.29 is 33.6 Å². The van der Waals surface area contributed by atoms with Crippen molar-refractivity contribution in [1.29, 1.82) is 0 Å². The van der Waals surface area contributed by atoms with E-state index < -0.39 is 29.4 Å². The van der Waals surface area contributed by atoms with Crippen molar-refractivity contribution in [2.75, 3.05) is 13.7 Å². The summed E-state index contributed by atoms with van der Waals surface area (Å²) in [4.78, 5) is 45.4. The molecule has 3 rings (SSSR count). The maximum atomic E-state index is 12.1. The number of carboxylic acids is 1. The summed E-state index contributed by atoms with van der Waals surface area (Å²) in [5, 5.41) is 21.9. The Labute approximate surface area is 156 Å². The SMILES string of the molecule is COc1cc([N+](=O)[O-])ccc1-c1ccc(/C=C2/NC(=O)N(CC(=O)O)C2=O)o1. The van der Waals surface area contributed by atoms with E-state index in [2.05, 4.69) is 5.32 Å². The molecule has 0 spiro atoms. The van der Waals surface area contributed by atoms with Crippen LogP contribution >= 0.6 is 0 Å². The summed E-state index contributed by atoms with van der Waals surface area (Å²) in [5.41, 5.74) is 0.169. The molecule has 0 atom stereocenters. The first-order valence-electron chi connectivity index (χ1n) is 7.79.